The van der Waals surface area contributed by atoms with Gasteiger partial charge in [0.1, 0.15) is 23.7 Å². The number of benzene rings is 2. The average molecular weight is 471 g/mol. The van der Waals surface area contributed by atoms with Crippen LogP contribution in [0.1, 0.15) is 20.8 Å². The molecule has 0 fully saturated rings. The van der Waals surface area contributed by atoms with Crippen LogP contribution in [0.25, 0.3) is 11.3 Å². The first-order chi connectivity index (χ1) is 16.0. The number of aliphatic hydroxyl groups excluding tert-OH is 1. The first-order valence-electron chi connectivity index (χ1n) is 10.0. The summed E-state index contributed by atoms with van der Waals surface area (Å²) in [6, 6.07) is 14.8. The van der Waals surface area contributed by atoms with Crippen molar-refractivity contribution in [1.82, 2.24) is 10.3 Å². The van der Waals surface area contributed by atoms with Crippen molar-refractivity contribution >= 4 is 23.3 Å². The fraction of sp³-hybridized carbons (Fsp3) is 0.208. The average Bonchev–Trinajstić information content (AvgIpc) is 2.85. The number of nitrogens with zero attached hydrogens (tertiary/aromatic N) is 1. The number of hydrogen-bond acceptors (Lipinski definition) is 7. The molecule has 0 aliphatic carbocycles. The molecule has 0 aliphatic rings. The molecule has 1 amide bonds. The summed E-state index contributed by atoms with van der Waals surface area (Å²) in [5.74, 6) is 0.426. The molecule has 0 spiro atoms. The fourth-order valence-electron chi connectivity index (χ4n) is 3.02. The molecule has 9 heteroatoms. The summed E-state index contributed by atoms with van der Waals surface area (Å²) in [5.41, 5.74) is 1.71. The van der Waals surface area contributed by atoms with Gasteiger partial charge in [-0.15, -0.1) is 0 Å². The van der Waals surface area contributed by atoms with Crippen LogP contribution in [0.15, 0.2) is 54.6 Å². The highest BCUT2D eigenvalue weighted by Crippen LogP contribution is 2.30. The number of ketones is 1. The molecule has 2 N–H and O–H groups in total. The van der Waals surface area contributed by atoms with Crippen LogP contribution in [0.3, 0.4) is 0 Å². The monoisotopic (exact) mass is 470 g/mol. The van der Waals surface area contributed by atoms with E-state index in [0.717, 1.165) is 5.56 Å². The zero-order valence-corrected chi connectivity index (χ0v) is 18.9. The molecule has 0 unspecified atom stereocenters. The number of halogens is 1. The number of carbonyl (C=O) groups excluding carboxylic acids is 2. The number of nitrogens with one attached hydrogen (secondary N) is 1. The largest absolute Gasteiger partial charge is 0.494 e. The molecular formula is C24H23ClN2O6. The van der Waals surface area contributed by atoms with E-state index in [2.05, 4.69) is 10.3 Å². The lowest BCUT2D eigenvalue weighted by Crippen LogP contribution is -2.30. The number of amides is 1. The van der Waals surface area contributed by atoms with Crippen LogP contribution in [0.5, 0.6) is 17.2 Å². The number of methoxy groups -OCH3 is 2. The smallest absolute Gasteiger partial charge is 0.251 e. The normalized spacial score (nSPS) is 10.4. The molecule has 2 aromatic carbocycles. The minimum Gasteiger partial charge on any atom is -0.494 e. The second-order valence-corrected chi connectivity index (χ2v) is 7.23. The van der Waals surface area contributed by atoms with E-state index in [-0.39, 0.29) is 31.2 Å². The quantitative estimate of drug-likeness (QED) is 0.437. The number of ether oxygens (including phenoxy) is 3. The van der Waals surface area contributed by atoms with Crippen LogP contribution in [0.4, 0.5) is 0 Å². The molecule has 33 heavy (non-hydrogen) atoms. The van der Waals surface area contributed by atoms with E-state index >= 15 is 0 Å². The summed E-state index contributed by atoms with van der Waals surface area (Å²) in [4.78, 5) is 29.7. The Labute approximate surface area is 196 Å². The van der Waals surface area contributed by atoms with Gasteiger partial charge in [0.05, 0.1) is 27.4 Å². The SMILES string of the molecule is COc1cc(C(=O)NCC(=O)c2ccc(OC)c(-c3ccc(Cl)cc3)n2)ccc1OCCO. The summed E-state index contributed by atoms with van der Waals surface area (Å²) in [6.07, 6.45) is 0. The van der Waals surface area contributed by atoms with Crippen molar-refractivity contribution in [2.45, 2.75) is 0 Å². The predicted octanol–water partition coefficient (Wildman–Crippen LogP) is 3.40. The number of hydrogen-bond donors (Lipinski definition) is 2. The number of pyridine rings is 1. The van der Waals surface area contributed by atoms with Crippen molar-refractivity contribution in [2.75, 3.05) is 34.0 Å². The number of aliphatic hydroxyl groups is 1. The maximum absolute atomic E-state index is 12.7. The maximum atomic E-state index is 12.7. The molecule has 3 aromatic rings. The predicted molar refractivity (Wildman–Crippen MR) is 123 cm³/mol. The molecule has 0 aliphatic heterocycles. The highest BCUT2D eigenvalue weighted by molar-refractivity contribution is 6.30. The van der Waals surface area contributed by atoms with E-state index in [1.54, 1.807) is 48.5 Å². The summed E-state index contributed by atoms with van der Waals surface area (Å²) in [7, 11) is 2.96. The van der Waals surface area contributed by atoms with E-state index in [4.69, 9.17) is 30.9 Å². The van der Waals surface area contributed by atoms with Crippen LogP contribution in [0, 0.1) is 0 Å². The molecular weight excluding hydrogens is 448 g/mol. The topological polar surface area (TPSA) is 107 Å². The fourth-order valence-corrected chi connectivity index (χ4v) is 3.14. The van der Waals surface area contributed by atoms with E-state index in [0.29, 0.717) is 33.5 Å². The van der Waals surface area contributed by atoms with Gasteiger partial charge >= 0.3 is 0 Å². The first-order valence-corrected chi connectivity index (χ1v) is 10.4. The van der Waals surface area contributed by atoms with E-state index in [1.807, 2.05) is 0 Å². The van der Waals surface area contributed by atoms with E-state index < -0.39 is 5.91 Å². The van der Waals surface area contributed by atoms with Crippen LogP contribution in [0.2, 0.25) is 5.02 Å². The zero-order chi connectivity index (χ0) is 23.8. The van der Waals surface area contributed by atoms with Gasteiger partial charge in [-0.2, -0.15) is 0 Å². The minimum absolute atomic E-state index is 0.100. The Hall–Kier alpha value is -3.62. The number of Topliss-reactive ketones (excluding diaryl/α,β-unsaturated/α-hetero) is 1. The standard InChI is InChI=1S/C24H23ClN2O6/c1-31-21-10-8-18(27-23(21)15-3-6-17(25)7-4-15)19(29)14-26-24(30)16-5-9-20(33-12-11-28)22(13-16)32-2/h3-10,13,28H,11-12,14H2,1-2H3,(H,26,30). The summed E-state index contributed by atoms with van der Waals surface area (Å²) < 4.78 is 15.9. The Morgan fingerprint density at radius 2 is 1.67 bits per heavy atom. The van der Waals surface area contributed by atoms with Gasteiger partial charge in [-0.05, 0) is 42.5 Å². The summed E-state index contributed by atoms with van der Waals surface area (Å²) in [5, 5.41) is 12.1. The lowest BCUT2D eigenvalue weighted by molar-refractivity contribution is 0.0902. The van der Waals surface area contributed by atoms with Crippen molar-refractivity contribution in [3.63, 3.8) is 0 Å². The lowest BCUT2D eigenvalue weighted by Gasteiger charge is -2.12. The first kappa shape index (κ1) is 24.0. The van der Waals surface area contributed by atoms with Gasteiger partial charge in [0.25, 0.3) is 5.91 Å². The van der Waals surface area contributed by atoms with Gasteiger partial charge in [-0.25, -0.2) is 4.98 Å². The molecule has 1 aromatic heterocycles. The third-order valence-corrected chi connectivity index (χ3v) is 4.92. The molecule has 0 saturated heterocycles. The number of aromatic nitrogens is 1. The summed E-state index contributed by atoms with van der Waals surface area (Å²) >= 11 is 5.96. The third kappa shape index (κ3) is 6.00. The van der Waals surface area contributed by atoms with Gasteiger partial charge in [0.15, 0.2) is 17.3 Å². The summed E-state index contributed by atoms with van der Waals surface area (Å²) in [6.45, 7) is -0.292. The second kappa shape index (κ2) is 11.3. The zero-order valence-electron chi connectivity index (χ0n) is 18.1. The van der Waals surface area contributed by atoms with Crippen LogP contribution in [-0.2, 0) is 0 Å². The molecule has 8 nitrogen and oxygen atoms in total. The number of carbonyl (C=O) groups is 2. The van der Waals surface area contributed by atoms with Crippen molar-refractivity contribution < 1.29 is 28.9 Å². The van der Waals surface area contributed by atoms with Crippen molar-refractivity contribution in [3.05, 3.63) is 70.9 Å². The molecule has 0 radical (unpaired) electrons. The maximum Gasteiger partial charge on any atom is 0.251 e. The molecule has 0 bridgehead atoms. The minimum atomic E-state index is -0.457. The Kier molecular flexibility index (Phi) is 8.23. The Balaban J connectivity index is 1.72. The van der Waals surface area contributed by atoms with Gasteiger partial charge in [0.2, 0.25) is 0 Å². The van der Waals surface area contributed by atoms with Gasteiger partial charge in [-0.1, -0.05) is 23.7 Å². The van der Waals surface area contributed by atoms with E-state index in [9.17, 15) is 9.59 Å². The Morgan fingerprint density at radius 3 is 2.33 bits per heavy atom. The van der Waals surface area contributed by atoms with Crippen LogP contribution < -0.4 is 19.5 Å². The Bertz CT molecular complexity index is 1130. The molecule has 1 heterocycles. The second-order valence-electron chi connectivity index (χ2n) is 6.80. The van der Waals surface area contributed by atoms with E-state index in [1.165, 1.54) is 20.3 Å². The highest BCUT2D eigenvalue weighted by Gasteiger charge is 2.16. The molecule has 172 valence electrons. The van der Waals surface area contributed by atoms with Crippen molar-refractivity contribution in [3.8, 4) is 28.5 Å². The van der Waals surface area contributed by atoms with Crippen LogP contribution in [-0.4, -0.2) is 55.8 Å². The third-order valence-electron chi connectivity index (χ3n) is 4.67. The number of rotatable bonds is 10. The molecule has 0 saturated carbocycles. The van der Waals surface area contributed by atoms with Crippen LogP contribution >= 0.6 is 11.6 Å². The lowest BCUT2D eigenvalue weighted by atomic mass is 10.1. The highest BCUT2D eigenvalue weighted by atomic mass is 35.5. The Morgan fingerprint density at radius 1 is 0.970 bits per heavy atom. The van der Waals surface area contributed by atoms with Gasteiger partial charge in [0, 0.05) is 16.1 Å². The molecule has 3 rings (SSSR count). The van der Waals surface area contributed by atoms with Gasteiger partial charge in [-0.3, -0.25) is 9.59 Å². The molecule has 0 atom stereocenters. The van der Waals surface area contributed by atoms with Crippen molar-refractivity contribution in [2.24, 2.45) is 0 Å². The van der Waals surface area contributed by atoms with Crippen molar-refractivity contribution in [1.29, 1.82) is 0 Å². The van der Waals surface area contributed by atoms with Gasteiger partial charge < -0.3 is 24.6 Å².